The molecule has 1 atom stereocenters. The number of carboxylic acid groups (broad SMARTS) is 1. The molecule has 1 aliphatic heterocycles. The van der Waals surface area contributed by atoms with Crippen LogP contribution in [0.5, 0.6) is 0 Å². The summed E-state index contributed by atoms with van der Waals surface area (Å²) in [6.45, 7) is 1.20. The van der Waals surface area contributed by atoms with Gasteiger partial charge in [0.25, 0.3) is 0 Å². The lowest BCUT2D eigenvalue weighted by molar-refractivity contribution is 0.0697. The fourth-order valence-electron chi connectivity index (χ4n) is 3.67. The smallest absolute Gasteiger partial charge is 0.335 e. The van der Waals surface area contributed by atoms with Crippen LogP contribution in [-0.4, -0.2) is 28.6 Å². The molecular weight excluding hydrogens is 238 g/mol. The lowest BCUT2D eigenvalue weighted by Crippen LogP contribution is -2.32. The maximum atomic E-state index is 10.9. The number of hydrogen-bond donors (Lipinski definition) is 1. The summed E-state index contributed by atoms with van der Waals surface area (Å²) in [4.78, 5) is 13.6. The van der Waals surface area contributed by atoms with Crippen molar-refractivity contribution in [3.63, 3.8) is 0 Å². The summed E-state index contributed by atoms with van der Waals surface area (Å²) in [7, 11) is 0. The maximum Gasteiger partial charge on any atom is 0.335 e. The fourth-order valence-corrected chi connectivity index (χ4v) is 3.67. The topological polar surface area (TPSA) is 40.5 Å². The Morgan fingerprint density at radius 1 is 1.05 bits per heavy atom. The number of nitrogens with zero attached hydrogens (tertiary/aromatic N) is 1. The molecule has 2 aliphatic rings. The second kappa shape index (κ2) is 5.33. The zero-order valence-corrected chi connectivity index (χ0v) is 11.2. The molecule has 0 aromatic heterocycles. The molecule has 0 bridgehead atoms. The third-order valence-electron chi connectivity index (χ3n) is 4.63. The van der Waals surface area contributed by atoms with Crippen LogP contribution in [0, 0.1) is 0 Å². The molecule has 1 aliphatic carbocycles. The first kappa shape index (κ1) is 12.7. The second-order valence-corrected chi connectivity index (χ2v) is 5.76. The van der Waals surface area contributed by atoms with E-state index in [0.717, 1.165) is 6.04 Å². The molecule has 19 heavy (non-hydrogen) atoms. The number of aromatic carboxylic acids is 1. The molecule has 1 aromatic carbocycles. The van der Waals surface area contributed by atoms with Gasteiger partial charge >= 0.3 is 5.97 Å². The van der Waals surface area contributed by atoms with E-state index in [1.54, 1.807) is 12.1 Å². The standard InChI is InChI=1S/C16H21NO2/c18-16(19)13-9-7-12(8-10-13)15-6-3-11-17(15)14-4-1-2-5-14/h7-10,14-15H,1-6,11H2,(H,18,19). The molecule has 3 heteroatoms. The quantitative estimate of drug-likeness (QED) is 0.903. The van der Waals surface area contributed by atoms with Gasteiger partial charge in [-0.2, -0.15) is 0 Å². The van der Waals surface area contributed by atoms with Gasteiger partial charge in [0.15, 0.2) is 0 Å². The first-order chi connectivity index (χ1) is 9.25. The molecule has 2 fully saturated rings. The first-order valence-corrected chi connectivity index (χ1v) is 7.35. The van der Waals surface area contributed by atoms with Crippen LogP contribution in [0.1, 0.15) is 60.5 Å². The fraction of sp³-hybridized carbons (Fsp3) is 0.562. The largest absolute Gasteiger partial charge is 0.478 e. The Bertz CT molecular complexity index is 448. The van der Waals surface area contributed by atoms with Crippen LogP contribution >= 0.6 is 0 Å². The van der Waals surface area contributed by atoms with Crippen molar-refractivity contribution in [3.05, 3.63) is 35.4 Å². The number of hydrogen-bond acceptors (Lipinski definition) is 2. The Labute approximate surface area is 114 Å². The number of carbonyl (C=O) groups is 1. The maximum absolute atomic E-state index is 10.9. The van der Waals surface area contributed by atoms with E-state index in [4.69, 9.17) is 5.11 Å². The van der Waals surface area contributed by atoms with Crippen molar-refractivity contribution in [1.29, 1.82) is 0 Å². The zero-order valence-electron chi connectivity index (χ0n) is 11.2. The molecule has 3 nitrogen and oxygen atoms in total. The minimum Gasteiger partial charge on any atom is -0.478 e. The van der Waals surface area contributed by atoms with E-state index in [1.165, 1.54) is 50.6 Å². The summed E-state index contributed by atoms with van der Waals surface area (Å²) in [5, 5.41) is 8.96. The molecule has 1 N–H and O–H groups in total. The van der Waals surface area contributed by atoms with E-state index in [1.807, 2.05) is 12.1 Å². The van der Waals surface area contributed by atoms with Crippen molar-refractivity contribution < 1.29 is 9.90 Å². The summed E-state index contributed by atoms with van der Waals surface area (Å²) in [6.07, 6.45) is 7.88. The zero-order chi connectivity index (χ0) is 13.2. The minimum absolute atomic E-state index is 0.383. The molecule has 1 saturated heterocycles. The average molecular weight is 259 g/mol. The number of likely N-dealkylation sites (tertiary alicyclic amines) is 1. The molecule has 0 spiro atoms. The third kappa shape index (κ3) is 2.52. The van der Waals surface area contributed by atoms with Crippen molar-refractivity contribution in [1.82, 2.24) is 4.90 Å². The molecule has 3 rings (SSSR count). The van der Waals surface area contributed by atoms with Gasteiger partial charge in [0.1, 0.15) is 0 Å². The monoisotopic (exact) mass is 259 g/mol. The lowest BCUT2D eigenvalue weighted by Gasteiger charge is -2.30. The van der Waals surface area contributed by atoms with E-state index < -0.39 is 5.97 Å². The Morgan fingerprint density at radius 2 is 1.74 bits per heavy atom. The van der Waals surface area contributed by atoms with Gasteiger partial charge in [-0.3, -0.25) is 4.90 Å². The highest BCUT2D eigenvalue weighted by Gasteiger charge is 2.32. The Hall–Kier alpha value is -1.35. The number of benzene rings is 1. The van der Waals surface area contributed by atoms with Crippen molar-refractivity contribution >= 4 is 5.97 Å². The van der Waals surface area contributed by atoms with Crippen molar-refractivity contribution in [3.8, 4) is 0 Å². The Morgan fingerprint density at radius 3 is 2.37 bits per heavy atom. The molecule has 1 heterocycles. The first-order valence-electron chi connectivity index (χ1n) is 7.35. The van der Waals surface area contributed by atoms with Crippen LogP contribution in [0.3, 0.4) is 0 Å². The minimum atomic E-state index is -0.842. The molecular formula is C16H21NO2. The summed E-state index contributed by atoms with van der Waals surface area (Å²) in [6, 6.07) is 8.74. The number of rotatable bonds is 3. The van der Waals surface area contributed by atoms with Crippen LogP contribution in [0.4, 0.5) is 0 Å². The van der Waals surface area contributed by atoms with E-state index in [-0.39, 0.29) is 0 Å². The van der Waals surface area contributed by atoms with E-state index in [0.29, 0.717) is 11.6 Å². The normalized spacial score (nSPS) is 24.9. The van der Waals surface area contributed by atoms with E-state index >= 15 is 0 Å². The van der Waals surface area contributed by atoms with Crippen LogP contribution in [0.15, 0.2) is 24.3 Å². The van der Waals surface area contributed by atoms with Crippen LogP contribution in [-0.2, 0) is 0 Å². The van der Waals surface area contributed by atoms with Gasteiger partial charge in [-0.15, -0.1) is 0 Å². The van der Waals surface area contributed by atoms with Crippen LogP contribution in [0.2, 0.25) is 0 Å². The summed E-state index contributed by atoms with van der Waals surface area (Å²) >= 11 is 0. The lowest BCUT2D eigenvalue weighted by atomic mass is 10.0. The Kier molecular flexibility index (Phi) is 3.56. The summed E-state index contributed by atoms with van der Waals surface area (Å²) in [5.74, 6) is -0.842. The van der Waals surface area contributed by atoms with Gasteiger partial charge in [-0.25, -0.2) is 4.79 Å². The van der Waals surface area contributed by atoms with Crippen molar-refractivity contribution in [2.75, 3.05) is 6.54 Å². The molecule has 1 aromatic rings. The van der Waals surface area contributed by atoms with E-state index in [2.05, 4.69) is 4.90 Å². The van der Waals surface area contributed by atoms with Gasteiger partial charge in [0.05, 0.1) is 5.56 Å². The van der Waals surface area contributed by atoms with Gasteiger partial charge in [-0.1, -0.05) is 25.0 Å². The predicted octanol–water partition coefficient (Wildman–Crippen LogP) is 3.46. The van der Waals surface area contributed by atoms with Gasteiger partial charge in [0, 0.05) is 12.1 Å². The molecule has 102 valence electrons. The van der Waals surface area contributed by atoms with Gasteiger partial charge in [-0.05, 0) is 49.9 Å². The van der Waals surface area contributed by atoms with Crippen molar-refractivity contribution in [2.24, 2.45) is 0 Å². The molecule has 1 unspecified atom stereocenters. The summed E-state index contributed by atoms with van der Waals surface area (Å²) < 4.78 is 0. The van der Waals surface area contributed by atoms with Gasteiger partial charge < -0.3 is 5.11 Å². The summed E-state index contributed by atoms with van der Waals surface area (Å²) in [5.41, 5.74) is 1.67. The van der Waals surface area contributed by atoms with E-state index in [9.17, 15) is 4.79 Å². The van der Waals surface area contributed by atoms with Gasteiger partial charge in [0.2, 0.25) is 0 Å². The molecule has 0 amide bonds. The van der Waals surface area contributed by atoms with Crippen molar-refractivity contribution in [2.45, 2.75) is 50.6 Å². The van der Waals surface area contributed by atoms with Crippen LogP contribution < -0.4 is 0 Å². The second-order valence-electron chi connectivity index (χ2n) is 5.76. The Balaban J connectivity index is 1.78. The SMILES string of the molecule is O=C(O)c1ccc(C2CCCN2C2CCCC2)cc1. The number of carboxylic acids is 1. The highest BCUT2D eigenvalue weighted by Crippen LogP contribution is 2.38. The third-order valence-corrected chi connectivity index (χ3v) is 4.63. The predicted molar refractivity (Wildman–Crippen MR) is 74.3 cm³/mol. The highest BCUT2D eigenvalue weighted by molar-refractivity contribution is 5.87. The average Bonchev–Trinajstić information content (AvgIpc) is 3.09. The highest BCUT2D eigenvalue weighted by atomic mass is 16.4. The molecule has 0 radical (unpaired) electrons. The molecule has 1 saturated carbocycles. The van der Waals surface area contributed by atoms with Crippen LogP contribution in [0.25, 0.3) is 0 Å².